The summed E-state index contributed by atoms with van der Waals surface area (Å²) >= 11 is 0. The Kier molecular flexibility index (Phi) is 3.31. The molecule has 0 radical (unpaired) electrons. The summed E-state index contributed by atoms with van der Waals surface area (Å²) in [4.78, 5) is 23.3. The van der Waals surface area contributed by atoms with E-state index in [1.54, 1.807) is 0 Å². The van der Waals surface area contributed by atoms with Crippen LogP contribution < -0.4 is 15.8 Å². The second-order valence-corrected chi connectivity index (χ2v) is 4.79. The number of para-hydroxylation sites is 2. The number of fused-ring (bicyclic) bond motifs is 2. The van der Waals surface area contributed by atoms with Crippen molar-refractivity contribution < 1.29 is 14.3 Å². The first-order valence-corrected chi connectivity index (χ1v) is 6.58. The number of amides is 2. The predicted octanol–water partition coefficient (Wildman–Crippen LogP) is 1.53. The van der Waals surface area contributed by atoms with Crippen LogP contribution in [0.2, 0.25) is 0 Å². The van der Waals surface area contributed by atoms with E-state index in [0.717, 1.165) is 11.1 Å². The number of carbonyl (C=O) groups is 2. The average Bonchev–Trinajstić information content (AvgIpc) is 2.50. The molecule has 5 heteroatoms. The molecule has 0 spiro atoms. The largest absolute Gasteiger partial charge is 0.457 e. The van der Waals surface area contributed by atoms with Gasteiger partial charge in [-0.25, -0.2) is 0 Å². The number of hydrogen-bond donors (Lipinski definition) is 2. The minimum Gasteiger partial charge on any atom is -0.457 e. The summed E-state index contributed by atoms with van der Waals surface area (Å²) in [6.45, 7) is -0.180. The van der Waals surface area contributed by atoms with E-state index in [-0.39, 0.29) is 12.5 Å². The Morgan fingerprint density at radius 2 is 1.52 bits per heavy atom. The quantitative estimate of drug-likeness (QED) is 0.895. The molecule has 3 N–H and O–H groups in total. The van der Waals surface area contributed by atoms with Crippen LogP contribution in [0.1, 0.15) is 17.0 Å². The first-order chi connectivity index (χ1) is 10.2. The van der Waals surface area contributed by atoms with E-state index in [1.807, 2.05) is 48.5 Å². The highest BCUT2D eigenvalue weighted by molar-refractivity contribution is 5.92. The smallest absolute Gasteiger partial charge is 0.236 e. The molecule has 2 amide bonds. The molecule has 0 saturated heterocycles. The second-order valence-electron chi connectivity index (χ2n) is 4.79. The van der Waals surface area contributed by atoms with Crippen LogP contribution in [0.25, 0.3) is 0 Å². The van der Waals surface area contributed by atoms with E-state index in [1.165, 1.54) is 0 Å². The normalized spacial score (nSPS) is 12.8. The molecule has 1 aliphatic heterocycles. The van der Waals surface area contributed by atoms with E-state index in [0.29, 0.717) is 11.5 Å². The lowest BCUT2D eigenvalue weighted by Gasteiger charge is -2.27. The number of carbonyl (C=O) groups excluding carboxylic acids is 2. The highest BCUT2D eigenvalue weighted by Gasteiger charge is 2.32. The molecule has 21 heavy (non-hydrogen) atoms. The van der Waals surface area contributed by atoms with Crippen molar-refractivity contribution in [2.75, 3.05) is 6.54 Å². The zero-order chi connectivity index (χ0) is 14.8. The van der Waals surface area contributed by atoms with Crippen molar-refractivity contribution in [2.45, 2.75) is 5.92 Å². The Balaban J connectivity index is 2.02. The summed E-state index contributed by atoms with van der Waals surface area (Å²) in [5, 5.41) is 2.56. The molecular weight excluding hydrogens is 268 g/mol. The van der Waals surface area contributed by atoms with Gasteiger partial charge in [-0.3, -0.25) is 9.59 Å². The number of benzene rings is 2. The van der Waals surface area contributed by atoms with Gasteiger partial charge in [-0.2, -0.15) is 0 Å². The Morgan fingerprint density at radius 1 is 1.00 bits per heavy atom. The van der Waals surface area contributed by atoms with Crippen LogP contribution in [-0.4, -0.2) is 18.4 Å². The fraction of sp³-hybridized carbons (Fsp3) is 0.125. The Hall–Kier alpha value is -2.82. The van der Waals surface area contributed by atoms with Crippen LogP contribution in [0.5, 0.6) is 11.5 Å². The van der Waals surface area contributed by atoms with Crippen molar-refractivity contribution in [3.8, 4) is 11.5 Å². The van der Waals surface area contributed by atoms with Gasteiger partial charge in [0.15, 0.2) is 0 Å². The molecule has 3 rings (SSSR count). The summed E-state index contributed by atoms with van der Waals surface area (Å²) in [6.07, 6.45) is 0. The lowest BCUT2D eigenvalue weighted by Crippen LogP contribution is -2.37. The van der Waals surface area contributed by atoms with E-state index < -0.39 is 11.8 Å². The molecule has 0 atom stereocenters. The predicted molar refractivity (Wildman–Crippen MR) is 77.0 cm³/mol. The minimum atomic E-state index is -0.572. The molecule has 0 saturated carbocycles. The molecule has 0 aromatic heterocycles. The summed E-state index contributed by atoms with van der Waals surface area (Å²) in [5.74, 6) is -0.0506. The van der Waals surface area contributed by atoms with Crippen LogP contribution in [0.3, 0.4) is 0 Å². The van der Waals surface area contributed by atoms with Gasteiger partial charge in [-0.15, -0.1) is 0 Å². The highest BCUT2D eigenvalue weighted by Crippen LogP contribution is 2.43. The van der Waals surface area contributed by atoms with Gasteiger partial charge in [0.1, 0.15) is 11.5 Å². The topological polar surface area (TPSA) is 81.4 Å². The number of nitrogens with two attached hydrogens (primary N) is 1. The molecular formula is C16H14N2O3. The van der Waals surface area contributed by atoms with Crippen molar-refractivity contribution in [2.24, 2.45) is 5.73 Å². The molecule has 2 aromatic carbocycles. The van der Waals surface area contributed by atoms with Crippen molar-refractivity contribution in [3.63, 3.8) is 0 Å². The van der Waals surface area contributed by atoms with Crippen molar-refractivity contribution >= 4 is 11.8 Å². The lowest BCUT2D eigenvalue weighted by atomic mass is 9.87. The van der Waals surface area contributed by atoms with E-state index >= 15 is 0 Å². The molecule has 0 unspecified atom stereocenters. The summed E-state index contributed by atoms with van der Waals surface area (Å²) in [6, 6.07) is 14.7. The molecule has 1 heterocycles. The van der Waals surface area contributed by atoms with Crippen LogP contribution in [0.15, 0.2) is 48.5 Å². The van der Waals surface area contributed by atoms with E-state index in [2.05, 4.69) is 5.32 Å². The number of primary amides is 1. The lowest BCUT2D eigenvalue weighted by molar-refractivity contribution is -0.125. The van der Waals surface area contributed by atoms with E-state index in [4.69, 9.17) is 10.5 Å². The van der Waals surface area contributed by atoms with Gasteiger partial charge in [0, 0.05) is 11.1 Å². The number of rotatable bonds is 3. The van der Waals surface area contributed by atoms with Crippen LogP contribution >= 0.6 is 0 Å². The van der Waals surface area contributed by atoms with Crippen LogP contribution in [0.4, 0.5) is 0 Å². The fourth-order valence-corrected chi connectivity index (χ4v) is 2.47. The maximum Gasteiger partial charge on any atom is 0.236 e. The van der Waals surface area contributed by atoms with Crippen LogP contribution in [-0.2, 0) is 9.59 Å². The highest BCUT2D eigenvalue weighted by atomic mass is 16.5. The second kappa shape index (κ2) is 5.28. The first-order valence-electron chi connectivity index (χ1n) is 6.58. The summed E-state index contributed by atoms with van der Waals surface area (Å²) in [5.41, 5.74) is 6.63. The Bertz CT molecular complexity index is 667. The molecule has 106 valence electrons. The van der Waals surface area contributed by atoms with Crippen molar-refractivity contribution in [3.05, 3.63) is 59.7 Å². The minimum absolute atomic E-state index is 0.180. The standard InChI is InChI=1S/C16H14N2O3/c17-14(19)9-18-16(20)15-10-5-1-3-7-12(10)21-13-8-4-2-6-11(13)15/h1-8,15H,9H2,(H2,17,19)(H,18,20). The summed E-state index contributed by atoms with van der Waals surface area (Å²) < 4.78 is 5.81. The van der Waals surface area contributed by atoms with Gasteiger partial charge in [0.05, 0.1) is 12.5 Å². The third kappa shape index (κ3) is 2.45. The molecule has 2 aromatic rings. The van der Waals surface area contributed by atoms with Gasteiger partial charge in [0.25, 0.3) is 0 Å². The summed E-state index contributed by atoms with van der Waals surface area (Å²) in [7, 11) is 0. The molecule has 1 aliphatic rings. The third-order valence-electron chi connectivity index (χ3n) is 3.38. The molecule has 0 fully saturated rings. The van der Waals surface area contributed by atoms with Gasteiger partial charge in [0.2, 0.25) is 11.8 Å². The van der Waals surface area contributed by atoms with Gasteiger partial charge >= 0.3 is 0 Å². The molecule has 0 aliphatic carbocycles. The Labute approximate surface area is 121 Å². The maximum absolute atomic E-state index is 12.5. The zero-order valence-corrected chi connectivity index (χ0v) is 11.2. The monoisotopic (exact) mass is 282 g/mol. The third-order valence-corrected chi connectivity index (χ3v) is 3.38. The zero-order valence-electron chi connectivity index (χ0n) is 11.2. The van der Waals surface area contributed by atoms with Crippen molar-refractivity contribution in [1.29, 1.82) is 0 Å². The number of hydrogen-bond acceptors (Lipinski definition) is 3. The van der Waals surface area contributed by atoms with Gasteiger partial charge in [-0.05, 0) is 12.1 Å². The number of ether oxygens (including phenoxy) is 1. The van der Waals surface area contributed by atoms with Gasteiger partial charge < -0.3 is 15.8 Å². The maximum atomic E-state index is 12.5. The SMILES string of the molecule is NC(=O)CNC(=O)C1c2ccccc2Oc2ccccc21. The number of nitrogens with one attached hydrogen (secondary N) is 1. The van der Waals surface area contributed by atoms with Crippen LogP contribution in [0, 0.1) is 0 Å². The fourth-order valence-electron chi connectivity index (χ4n) is 2.47. The average molecular weight is 282 g/mol. The van der Waals surface area contributed by atoms with Gasteiger partial charge in [-0.1, -0.05) is 36.4 Å². The Morgan fingerprint density at radius 3 is 2.05 bits per heavy atom. The van der Waals surface area contributed by atoms with E-state index in [9.17, 15) is 9.59 Å². The van der Waals surface area contributed by atoms with Crippen molar-refractivity contribution in [1.82, 2.24) is 5.32 Å². The molecule has 5 nitrogen and oxygen atoms in total. The molecule has 0 bridgehead atoms. The first kappa shape index (κ1) is 13.2.